The smallest absolute Gasteiger partial charge is 0.259 e. The number of hydrogen-bond acceptors (Lipinski definition) is 6. The van der Waals surface area contributed by atoms with Crippen molar-refractivity contribution in [2.45, 2.75) is 18.4 Å². The van der Waals surface area contributed by atoms with Crippen LogP contribution in [0.2, 0.25) is 0 Å². The van der Waals surface area contributed by atoms with Gasteiger partial charge in [-0.2, -0.15) is 0 Å². The molecule has 0 N–H and O–H groups in total. The highest BCUT2D eigenvalue weighted by molar-refractivity contribution is 7.98. The van der Waals surface area contributed by atoms with Crippen molar-refractivity contribution in [1.82, 2.24) is 15.0 Å². The van der Waals surface area contributed by atoms with Gasteiger partial charge >= 0.3 is 0 Å². The van der Waals surface area contributed by atoms with Gasteiger partial charge in [-0.25, -0.2) is 4.98 Å². The Hall–Kier alpha value is -3.06. The molecule has 28 heavy (non-hydrogen) atoms. The molecule has 4 aromatic rings. The summed E-state index contributed by atoms with van der Waals surface area (Å²) in [5, 5.41) is 4.61. The Morgan fingerprint density at radius 3 is 2.68 bits per heavy atom. The van der Waals surface area contributed by atoms with Crippen LogP contribution in [0.1, 0.15) is 21.6 Å². The predicted octanol–water partition coefficient (Wildman–Crippen LogP) is 4.79. The first-order valence-electron chi connectivity index (χ1n) is 8.76. The summed E-state index contributed by atoms with van der Waals surface area (Å²) in [4.78, 5) is 20.6. The standard InChI is InChI=1S/C21H19N3O3S/c1-13-19-16(11-17(18-5-4-10-26-18)22-20(19)27-23-13)21(25)24(2)12-14-6-8-15(28-3)9-7-14/h4-11H,12H2,1-3H3. The van der Waals surface area contributed by atoms with Gasteiger partial charge in [0.25, 0.3) is 11.6 Å². The molecular formula is C21H19N3O3S. The minimum absolute atomic E-state index is 0.125. The summed E-state index contributed by atoms with van der Waals surface area (Å²) >= 11 is 1.69. The van der Waals surface area contributed by atoms with Crippen molar-refractivity contribution in [1.29, 1.82) is 0 Å². The first-order chi connectivity index (χ1) is 13.6. The number of benzene rings is 1. The molecule has 0 aliphatic carbocycles. The molecule has 0 aliphatic heterocycles. The number of aromatic nitrogens is 2. The predicted molar refractivity (Wildman–Crippen MR) is 108 cm³/mol. The molecule has 0 saturated carbocycles. The van der Waals surface area contributed by atoms with E-state index in [2.05, 4.69) is 22.3 Å². The molecule has 0 spiro atoms. The topological polar surface area (TPSA) is 72.4 Å². The molecule has 0 aliphatic rings. The molecule has 0 bridgehead atoms. The third-order valence-electron chi connectivity index (χ3n) is 4.55. The van der Waals surface area contributed by atoms with E-state index in [9.17, 15) is 4.79 Å². The number of pyridine rings is 1. The van der Waals surface area contributed by atoms with E-state index in [1.807, 2.05) is 18.4 Å². The Morgan fingerprint density at radius 1 is 1.21 bits per heavy atom. The maximum atomic E-state index is 13.3. The fourth-order valence-electron chi connectivity index (χ4n) is 3.10. The number of thioether (sulfide) groups is 1. The lowest BCUT2D eigenvalue weighted by molar-refractivity contribution is 0.0787. The Labute approximate surface area is 166 Å². The molecule has 1 aromatic carbocycles. The lowest BCUT2D eigenvalue weighted by Crippen LogP contribution is -2.26. The van der Waals surface area contributed by atoms with Crippen molar-refractivity contribution in [2.24, 2.45) is 0 Å². The highest BCUT2D eigenvalue weighted by Gasteiger charge is 2.22. The van der Waals surface area contributed by atoms with Crippen LogP contribution in [0.25, 0.3) is 22.6 Å². The first kappa shape index (κ1) is 18.3. The average molecular weight is 393 g/mol. The Bertz CT molecular complexity index is 1120. The monoisotopic (exact) mass is 393 g/mol. The molecule has 3 heterocycles. The largest absolute Gasteiger partial charge is 0.463 e. The molecule has 1 amide bonds. The minimum atomic E-state index is -0.125. The molecule has 0 atom stereocenters. The van der Waals surface area contributed by atoms with Gasteiger partial charge in [0.05, 0.1) is 22.9 Å². The van der Waals surface area contributed by atoms with Crippen molar-refractivity contribution >= 4 is 28.8 Å². The number of carbonyl (C=O) groups excluding carboxylic acids is 1. The molecule has 7 heteroatoms. The summed E-state index contributed by atoms with van der Waals surface area (Å²) in [6, 6.07) is 13.5. The van der Waals surface area contributed by atoms with Crippen LogP contribution in [0.3, 0.4) is 0 Å². The van der Waals surface area contributed by atoms with E-state index < -0.39 is 0 Å². The number of hydrogen-bond donors (Lipinski definition) is 0. The van der Waals surface area contributed by atoms with Crippen LogP contribution in [0.4, 0.5) is 0 Å². The molecule has 0 fully saturated rings. The number of amides is 1. The summed E-state index contributed by atoms with van der Waals surface area (Å²) < 4.78 is 10.8. The quantitative estimate of drug-likeness (QED) is 0.454. The zero-order valence-corrected chi connectivity index (χ0v) is 16.6. The molecule has 4 rings (SSSR count). The maximum Gasteiger partial charge on any atom is 0.259 e. The van der Waals surface area contributed by atoms with E-state index in [4.69, 9.17) is 8.94 Å². The highest BCUT2D eigenvalue weighted by atomic mass is 32.2. The van der Waals surface area contributed by atoms with Crippen LogP contribution in [-0.4, -0.2) is 34.3 Å². The molecule has 142 valence electrons. The van der Waals surface area contributed by atoms with Crippen LogP contribution in [0.15, 0.2) is 62.6 Å². The number of aryl methyl sites for hydroxylation is 1. The molecule has 0 unspecified atom stereocenters. The molecule has 6 nitrogen and oxygen atoms in total. The third kappa shape index (κ3) is 3.41. The van der Waals surface area contributed by atoms with E-state index in [0.717, 1.165) is 5.56 Å². The van der Waals surface area contributed by atoms with Gasteiger partial charge in [0.2, 0.25) is 0 Å². The van der Waals surface area contributed by atoms with Gasteiger partial charge in [-0.05, 0) is 49.1 Å². The van der Waals surface area contributed by atoms with Gasteiger partial charge in [-0.1, -0.05) is 17.3 Å². The Balaban J connectivity index is 1.69. The Morgan fingerprint density at radius 2 is 2.00 bits per heavy atom. The number of nitrogens with zero attached hydrogens (tertiary/aromatic N) is 3. The zero-order chi connectivity index (χ0) is 19.7. The number of rotatable bonds is 5. The summed E-state index contributed by atoms with van der Waals surface area (Å²) in [5.41, 5.74) is 3.06. The van der Waals surface area contributed by atoms with Gasteiger partial charge in [-0.3, -0.25) is 4.79 Å². The van der Waals surface area contributed by atoms with Crippen LogP contribution < -0.4 is 0 Å². The second-order valence-corrected chi connectivity index (χ2v) is 7.37. The lowest BCUT2D eigenvalue weighted by Gasteiger charge is -2.18. The van der Waals surface area contributed by atoms with Crippen molar-refractivity contribution in [3.05, 3.63) is 65.5 Å². The molecule has 0 radical (unpaired) electrons. The van der Waals surface area contributed by atoms with Crippen molar-refractivity contribution in [3.8, 4) is 11.5 Å². The van der Waals surface area contributed by atoms with Crippen molar-refractivity contribution in [2.75, 3.05) is 13.3 Å². The summed E-state index contributed by atoms with van der Waals surface area (Å²) in [7, 11) is 1.78. The van der Waals surface area contributed by atoms with E-state index >= 15 is 0 Å². The van der Waals surface area contributed by atoms with E-state index in [-0.39, 0.29) is 5.91 Å². The zero-order valence-electron chi connectivity index (χ0n) is 15.8. The minimum Gasteiger partial charge on any atom is -0.463 e. The van der Waals surface area contributed by atoms with E-state index in [0.29, 0.717) is 40.4 Å². The van der Waals surface area contributed by atoms with Crippen LogP contribution in [0.5, 0.6) is 0 Å². The SMILES string of the molecule is CSc1ccc(CN(C)C(=O)c2cc(-c3ccco3)nc3onc(C)c23)cc1. The lowest BCUT2D eigenvalue weighted by atomic mass is 10.1. The summed E-state index contributed by atoms with van der Waals surface area (Å²) in [6.45, 7) is 2.30. The van der Waals surface area contributed by atoms with Crippen LogP contribution >= 0.6 is 11.8 Å². The average Bonchev–Trinajstić information content (AvgIpc) is 3.38. The molecular weight excluding hydrogens is 374 g/mol. The van der Waals surface area contributed by atoms with Gasteiger partial charge in [-0.15, -0.1) is 11.8 Å². The molecule has 0 saturated heterocycles. The van der Waals surface area contributed by atoms with Gasteiger partial charge in [0.15, 0.2) is 5.76 Å². The second-order valence-electron chi connectivity index (χ2n) is 6.49. The van der Waals surface area contributed by atoms with Gasteiger partial charge < -0.3 is 13.8 Å². The van der Waals surface area contributed by atoms with Crippen LogP contribution in [0, 0.1) is 6.92 Å². The number of furan rings is 1. The van der Waals surface area contributed by atoms with Crippen molar-refractivity contribution < 1.29 is 13.7 Å². The normalized spacial score (nSPS) is 11.1. The van der Waals surface area contributed by atoms with Crippen LogP contribution in [-0.2, 0) is 6.54 Å². The number of fused-ring (bicyclic) bond motifs is 1. The Kier molecular flexibility index (Phi) is 4.92. The highest BCUT2D eigenvalue weighted by Crippen LogP contribution is 2.28. The fourth-order valence-corrected chi connectivity index (χ4v) is 3.50. The third-order valence-corrected chi connectivity index (χ3v) is 5.29. The first-order valence-corrected chi connectivity index (χ1v) is 9.98. The van der Waals surface area contributed by atoms with Crippen molar-refractivity contribution in [3.63, 3.8) is 0 Å². The summed E-state index contributed by atoms with van der Waals surface area (Å²) in [6.07, 6.45) is 3.61. The van der Waals surface area contributed by atoms with E-state index in [1.54, 1.807) is 55.1 Å². The number of carbonyl (C=O) groups is 1. The van der Waals surface area contributed by atoms with E-state index in [1.165, 1.54) is 4.90 Å². The fraction of sp³-hybridized carbons (Fsp3) is 0.190. The van der Waals surface area contributed by atoms with Gasteiger partial charge in [0.1, 0.15) is 5.69 Å². The molecule has 3 aromatic heterocycles. The van der Waals surface area contributed by atoms with Gasteiger partial charge in [0, 0.05) is 18.5 Å². The maximum absolute atomic E-state index is 13.3. The summed E-state index contributed by atoms with van der Waals surface area (Å²) in [5.74, 6) is 0.445. The second kappa shape index (κ2) is 7.52.